The Bertz CT molecular complexity index is 1410. The van der Waals surface area contributed by atoms with Crippen LogP contribution < -0.4 is 16.4 Å². The van der Waals surface area contributed by atoms with Crippen LogP contribution in [0.1, 0.15) is 23.2 Å². The molecule has 1 aliphatic rings. The van der Waals surface area contributed by atoms with Gasteiger partial charge in [0.25, 0.3) is 0 Å². The van der Waals surface area contributed by atoms with Crippen LogP contribution in [0.3, 0.4) is 0 Å². The lowest BCUT2D eigenvalue weighted by molar-refractivity contribution is 0.202. The average Bonchev–Trinajstić information content (AvgIpc) is 3.34. The summed E-state index contributed by atoms with van der Waals surface area (Å²) in [5, 5.41) is 14.7. The molecule has 2 aromatic carbocycles. The maximum atomic E-state index is 12.6. The number of carbonyl (C=O) groups is 1. The average molecular weight is 467 g/mol. The van der Waals surface area contributed by atoms with E-state index in [9.17, 15) is 4.79 Å². The fourth-order valence-corrected chi connectivity index (χ4v) is 4.11. The van der Waals surface area contributed by atoms with Crippen molar-refractivity contribution < 1.29 is 4.79 Å². The second-order valence-corrected chi connectivity index (χ2v) is 8.35. The monoisotopic (exact) mass is 466 g/mol. The van der Waals surface area contributed by atoms with Crippen LogP contribution in [0.4, 0.5) is 22.0 Å². The highest BCUT2D eigenvalue weighted by Gasteiger charge is 2.19. The highest BCUT2D eigenvalue weighted by molar-refractivity contribution is 5.93. The minimum atomic E-state index is -0.0639. The van der Waals surface area contributed by atoms with Gasteiger partial charge in [-0.1, -0.05) is 36.4 Å². The number of aromatic nitrogens is 3. The summed E-state index contributed by atoms with van der Waals surface area (Å²) < 4.78 is 0. The first-order valence-electron chi connectivity index (χ1n) is 11.4. The zero-order chi connectivity index (χ0) is 24.2. The lowest BCUT2D eigenvalue weighted by Gasteiger charge is -2.26. The van der Waals surface area contributed by atoms with Crippen LogP contribution in [0, 0.1) is 5.41 Å². The van der Waals surface area contributed by atoms with Crippen LogP contribution in [0.15, 0.2) is 67.0 Å². The number of H-pyrrole nitrogens is 1. The highest BCUT2D eigenvalue weighted by atomic mass is 16.2. The van der Waals surface area contributed by atoms with Gasteiger partial charge in [0.15, 0.2) is 0 Å². The summed E-state index contributed by atoms with van der Waals surface area (Å²) in [5.41, 5.74) is 11.8. The lowest BCUT2D eigenvalue weighted by Crippen LogP contribution is -2.41. The predicted octanol–water partition coefficient (Wildman–Crippen LogP) is 4.28. The largest absolute Gasteiger partial charge is 0.398 e. The maximum Gasteiger partial charge on any atom is 0.317 e. The topological polar surface area (TPSA) is 136 Å². The number of hydrogen-bond donors (Lipinski definition) is 5. The molecule has 3 heterocycles. The minimum Gasteiger partial charge on any atom is -0.398 e. The molecule has 176 valence electrons. The van der Waals surface area contributed by atoms with E-state index in [4.69, 9.17) is 11.1 Å². The van der Waals surface area contributed by atoms with Crippen LogP contribution in [-0.4, -0.2) is 45.2 Å². The summed E-state index contributed by atoms with van der Waals surface area (Å²) in [5.74, 6) is 0.663. The Balaban J connectivity index is 1.29. The number of carbonyl (C=O) groups excluding carboxylic acids is 1. The van der Waals surface area contributed by atoms with Gasteiger partial charge in [-0.25, -0.2) is 14.8 Å². The van der Waals surface area contributed by atoms with Gasteiger partial charge in [-0.3, -0.25) is 0 Å². The number of hydrogen-bond acceptors (Lipinski definition) is 6. The van der Waals surface area contributed by atoms with Crippen LogP contribution in [0.25, 0.3) is 16.6 Å². The molecule has 0 aliphatic carbocycles. The van der Waals surface area contributed by atoms with E-state index < -0.39 is 0 Å². The summed E-state index contributed by atoms with van der Waals surface area (Å²) in [6, 6.07) is 17.3. The zero-order valence-electron chi connectivity index (χ0n) is 19.1. The third-order valence-electron chi connectivity index (χ3n) is 6.06. The van der Waals surface area contributed by atoms with Crippen molar-refractivity contribution in [1.82, 2.24) is 25.2 Å². The van der Waals surface area contributed by atoms with Gasteiger partial charge in [0.05, 0.1) is 5.39 Å². The van der Waals surface area contributed by atoms with Crippen molar-refractivity contribution in [2.45, 2.75) is 13.0 Å². The number of fused-ring (bicyclic) bond motifs is 1. The van der Waals surface area contributed by atoms with E-state index in [1.165, 1.54) is 12.5 Å². The molecule has 0 bridgehead atoms. The molecule has 9 nitrogen and oxygen atoms in total. The number of benzene rings is 2. The summed E-state index contributed by atoms with van der Waals surface area (Å²) in [6.45, 7) is 1.69. The Morgan fingerprint density at radius 2 is 2.03 bits per heavy atom. The number of aromatic amines is 1. The number of nitrogens with two attached hydrogens (primary N) is 1. The van der Waals surface area contributed by atoms with Gasteiger partial charge in [-0.2, -0.15) is 0 Å². The fourth-order valence-electron chi connectivity index (χ4n) is 4.11. The fraction of sp³-hybridized carbons (Fsp3) is 0.154. The van der Waals surface area contributed by atoms with Crippen LogP contribution in [-0.2, 0) is 6.54 Å². The molecular formula is C26H26N8O. The van der Waals surface area contributed by atoms with E-state index in [1.807, 2.05) is 53.4 Å². The summed E-state index contributed by atoms with van der Waals surface area (Å²) in [6.07, 6.45) is 5.55. The molecule has 0 atom stereocenters. The molecule has 0 unspecified atom stereocenters. The van der Waals surface area contributed by atoms with Crippen molar-refractivity contribution in [3.05, 3.63) is 83.8 Å². The molecule has 2 amide bonds. The number of urea groups is 1. The van der Waals surface area contributed by atoms with E-state index in [2.05, 4.69) is 31.7 Å². The number of nitrogens with zero attached hydrogens (tertiary/aromatic N) is 3. The standard InChI is InChI=1S/C26H26N8O/c27-14-19-12-20(6-7-22(19)28)32-24-21-13-23(33-25(21)31-16-30-24)18-8-10-34(11-9-18)26(35)29-15-17-4-2-1-3-5-17/h1-8,12-14,16,27H,9-11,15,28H2,(H,29,35)(H2,30,31,32,33). The zero-order valence-corrected chi connectivity index (χ0v) is 19.1. The Labute approximate surface area is 202 Å². The summed E-state index contributed by atoms with van der Waals surface area (Å²) >= 11 is 0. The van der Waals surface area contributed by atoms with Crippen LogP contribution in [0.2, 0.25) is 0 Å². The number of amides is 2. The molecular weight excluding hydrogens is 440 g/mol. The van der Waals surface area contributed by atoms with Crippen LogP contribution >= 0.6 is 0 Å². The van der Waals surface area contributed by atoms with E-state index >= 15 is 0 Å². The van der Waals surface area contributed by atoms with Gasteiger partial charge >= 0.3 is 6.03 Å². The molecule has 2 aromatic heterocycles. The number of nitrogen functional groups attached to an aromatic ring is 1. The molecule has 9 heteroatoms. The number of anilines is 3. The van der Waals surface area contributed by atoms with Crippen molar-refractivity contribution in [2.24, 2.45) is 0 Å². The first-order chi connectivity index (χ1) is 17.1. The van der Waals surface area contributed by atoms with Gasteiger partial charge in [0.2, 0.25) is 0 Å². The number of rotatable bonds is 6. The SMILES string of the molecule is N=Cc1cc(Nc2ncnc3[nH]c(C4=CCN(C(=O)NCc5ccccc5)CC4)cc23)ccc1N. The Morgan fingerprint density at radius 1 is 1.17 bits per heavy atom. The van der Waals surface area contributed by atoms with Crippen molar-refractivity contribution >= 4 is 46.0 Å². The van der Waals surface area contributed by atoms with Gasteiger partial charge < -0.3 is 31.7 Å². The smallest absolute Gasteiger partial charge is 0.317 e. The Hall–Kier alpha value is -4.66. The molecule has 35 heavy (non-hydrogen) atoms. The molecule has 6 N–H and O–H groups in total. The summed E-state index contributed by atoms with van der Waals surface area (Å²) in [4.78, 5) is 26.5. The van der Waals surface area contributed by atoms with E-state index in [0.717, 1.165) is 40.0 Å². The minimum absolute atomic E-state index is 0.0639. The van der Waals surface area contributed by atoms with Crippen molar-refractivity contribution in [3.63, 3.8) is 0 Å². The maximum absolute atomic E-state index is 12.6. The lowest BCUT2D eigenvalue weighted by atomic mass is 10.1. The number of nitrogens with one attached hydrogen (secondary N) is 4. The van der Waals surface area contributed by atoms with E-state index in [1.54, 1.807) is 6.07 Å². The molecule has 0 spiro atoms. The third kappa shape index (κ3) is 4.84. The first-order valence-corrected chi connectivity index (χ1v) is 11.4. The van der Waals surface area contributed by atoms with Crippen molar-refractivity contribution in [3.8, 4) is 0 Å². The predicted molar refractivity (Wildman–Crippen MR) is 139 cm³/mol. The second-order valence-electron chi connectivity index (χ2n) is 8.35. The molecule has 0 saturated carbocycles. The Morgan fingerprint density at radius 3 is 2.80 bits per heavy atom. The van der Waals surface area contributed by atoms with E-state index in [0.29, 0.717) is 36.7 Å². The Kier molecular flexibility index (Phi) is 6.13. The van der Waals surface area contributed by atoms with E-state index in [-0.39, 0.29) is 6.03 Å². The van der Waals surface area contributed by atoms with Gasteiger partial charge in [-0.05, 0) is 41.8 Å². The molecule has 0 radical (unpaired) electrons. The molecule has 1 aliphatic heterocycles. The summed E-state index contributed by atoms with van der Waals surface area (Å²) in [7, 11) is 0. The quantitative estimate of drug-likeness (QED) is 0.213. The molecule has 5 rings (SSSR count). The first kappa shape index (κ1) is 22.1. The van der Waals surface area contributed by atoms with Crippen molar-refractivity contribution in [1.29, 1.82) is 5.41 Å². The second kappa shape index (κ2) is 9.68. The molecule has 4 aromatic rings. The molecule has 0 fully saturated rings. The highest BCUT2D eigenvalue weighted by Crippen LogP contribution is 2.29. The van der Waals surface area contributed by atoms with Crippen molar-refractivity contribution in [2.75, 3.05) is 24.1 Å². The van der Waals surface area contributed by atoms with Gasteiger partial charge in [0.1, 0.15) is 17.8 Å². The van der Waals surface area contributed by atoms with Gasteiger partial charge in [0, 0.05) is 48.5 Å². The van der Waals surface area contributed by atoms with Crippen LogP contribution in [0.5, 0.6) is 0 Å². The molecule has 0 saturated heterocycles. The normalized spacial score (nSPS) is 13.4. The third-order valence-corrected chi connectivity index (χ3v) is 6.06. The van der Waals surface area contributed by atoms with Gasteiger partial charge in [-0.15, -0.1) is 0 Å².